The fourth-order valence-electron chi connectivity index (χ4n) is 1.32. The van der Waals surface area contributed by atoms with Crippen LogP contribution in [-0.2, 0) is 12.1 Å². The largest absolute Gasteiger partial charge is 0.375 e. The van der Waals surface area contributed by atoms with Crippen LogP contribution in [0.4, 0.5) is 5.13 Å². The highest BCUT2D eigenvalue weighted by Crippen LogP contribution is 2.23. The Morgan fingerprint density at radius 2 is 2.25 bits per heavy atom. The van der Waals surface area contributed by atoms with Crippen LogP contribution in [0.15, 0.2) is 17.8 Å². The zero-order valence-corrected chi connectivity index (χ0v) is 10.9. The minimum absolute atomic E-state index is 0.118. The maximum atomic E-state index is 5.58. The summed E-state index contributed by atoms with van der Waals surface area (Å²) in [6.45, 7) is 5.01. The maximum absolute atomic E-state index is 5.58. The van der Waals surface area contributed by atoms with Gasteiger partial charge in [-0.2, -0.15) is 0 Å². The third-order valence-electron chi connectivity index (χ3n) is 2.24. The highest BCUT2D eigenvalue weighted by Gasteiger charge is 2.22. The van der Waals surface area contributed by atoms with Crippen LogP contribution in [-0.4, -0.2) is 9.97 Å². The van der Waals surface area contributed by atoms with Crippen molar-refractivity contribution >= 4 is 27.8 Å². The van der Waals surface area contributed by atoms with Crippen LogP contribution in [0, 0.1) is 0 Å². The Morgan fingerprint density at radius 1 is 1.44 bits per heavy atom. The average molecular weight is 254 g/mol. The second-order valence-electron chi connectivity index (χ2n) is 3.98. The lowest BCUT2D eigenvalue weighted by Crippen LogP contribution is -2.35. The number of hydrogen-bond acceptors (Lipinski definition) is 6. The van der Waals surface area contributed by atoms with Gasteiger partial charge in [0.05, 0.1) is 5.54 Å². The minimum atomic E-state index is -0.118. The van der Waals surface area contributed by atoms with E-state index in [1.165, 1.54) is 11.3 Å². The van der Waals surface area contributed by atoms with Gasteiger partial charge in [0, 0.05) is 29.2 Å². The van der Waals surface area contributed by atoms with Gasteiger partial charge in [-0.15, -0.1) is 22.7 Å². The molecule has 0 aliphatic heterocycles. The lowest BCUT2D eigenvalue weighted by molar-refractivity contribution is 0.401. The molecule has 2 rings (SSSR count). The number of thiazole rings is 2. The fourth-order valence-corrected chi connectivity index (χ4v) is 2.68. The molecule has 2 heterocycles. The van der Waals surface area contributed by atoms with Crippen LogP contribution < -0.4 is 11.1 Å². The molecule has 0 bridgehead atoms. The molecule has 3 N–H and O–H groups in total. The summed E-state index contributed by atoms with van der Waals surface area (Å²) in [6, 6.07) is 0. The van der Waals surface area contributed by atoms with Gasteiger partial charge in [0.1, 0.15) is 5.01 Å². The number of nitrogens with zero attached hydrogens (tertiary/aromatic N) is 2. The van der Waals surface area contributed by atoms with E-state index in [1.807, 2.05) is 17.8 Å². The standard InChI is InChI=1S/C10H14N4S2/c1-10(2,8-12-3-4-15-8)14-6-7-5-13-9(11)16-7/h3-5,14H,6H2,1-2H3,(H2,11,13). The molecule has 0 radical (unpaired) electrons. The molecule has 0 atom stereocenters. The first-order valence-corrected chi connectivity index (χ1v) is 6.63. The molecular weight excluding hydrogens is 240 g/mol. The number of rotatable bonds is 4. The van der Waals surface area contributed by atoms with Crippen molar-refractivity contribution in [1.29, 1.82) is 0 Å². The van der Waals surface area contributed by atoms with Crippen LogP contribution in [0.25, 0.3) is 0 Å². The predicted molar refractivity (Wildman–Crippen MR) is 68.5 cm³/mol. The van der Waals surface area contributed by atoms with E-state index >= 15 is 0 Å². The van der Waals surface area contributed by atoms with Gasteiger partial charge in [0.25, 0.3) is 0 Å². The molecule has 4 nitrogen and oxygen atoms in total. The number of anilines is 1. The van der Waals surface area contributed by atoms with E-state index in [2.05, 4.69) is 29.1 Å². The summed E-state index contributed by atoms with van der Waals surface area (Å²) in [5.74, 6) is 0. The number of nitrogens with two attached hydrogens (primary N) is 1. The van der Waals surface area contributed by atoms with E-state index in [0.717, 1.165) is 16.4 Å². The Morgan fingerprint density at radius 3 is 2.81 bits per heavy atom. The number of nitrogens with one attached hydrogen (secondary N) is 1. The van der Waals surface area contributed by atoms with Gasteiger partial charge in [-0.3, -0.25) is 0 Å². The SMILES string of the molecule is CC(C)(NCc1cnc(N)s1)c1nccs1. The van der Waals surface area contributed by atoms with Crippen LogP contribution >= 0.6 is 22.7 Å². The molecule has 86 valence electrons. The van der Waals surface area contributed by atoms with E-state index in [-0.39, 0.29) is 5.54 Å². The first-order valence-electron chi connectivity index (χ1n) is 4.93. The van der Waals surface area contributed by atoms with Crippen molar-refractivity contribution in [2.75, 3.05) is 5.73 Å². The summed E-state index contributed by atoms with van der Waals surface area (Å²) in [4.78, 5) is 9.49. The average Bonchev–Trinajstić information content (AvgIpc) is 2.85. The smallest absolute Gasteiger partial charge is 0.180 e. The van der Waals surface area contributed by atoms with Crippen molar-refractivity contribution in [3.63, 3.8) is 0 Å². The summed E-state index contributed by atoms with van der Waals surface area (Å²) in [6.07, 6.45) is 3.64. The van der Waals surface area contributed by atoms with Crippen LogP contribution in [0.5, 0.6) is 0 Å². The van der Waals surface area contributed by atoms with Crippen molar-refractivity contribution < 1.29 is 0 Å². The molecule has 0 saturated carbocycles. The zero-order valence-electron chi connectivity index (χ0n) is 9.23. The van der Waals surface area contributed by atoms with E-state index in [4.69, 9.17) is 5.73 Å². The third kappa shape index (κ3) is 2.58. The van der Waals surface area contributed by atoms with E-state index in [1.54, 1.807) is 11.3 Å². The fraction of sp³-hybridized carbons (Fsp3) is 0.400. The van der Waals surface area contributed by atoms with Crippen molar-refractivity contribution in [3.05, 3.63) is 27.7 Å². The first-order chi connectivity index (χ1) is 7.58. The predicted octanol–water partition coefficient (Wildman–Crippen LogP) is 2.21. The summed E-state index contributed by atoms with van der Waals surface area (Å²) >= 11 is 3.17. The maximum Gasteiger partial charge on any atom is 0.180 e. The van der Waals surface area contributed by atoms with E-state index in [0.29, 0.717) is 5.13 Å². The minimum Gasteiger partial charge on any atom is -0.375 e. The van der Waals surface area contributed by atoms with Gasteiger partial charge in [-0.1, -0.05) is 0 Å². The topological polar surface area (TPSA) is 63.8 Å². The van der Waals surface area contributed by atoms with Crippen molar-refractivity contribution in [2.45, 2.75) is 25.9 Å². The van der Waals surface area contributed by atoms with Crippen LogP contribution in [0.1, 0.15) is 23.7 Å². The van der Waals surface area contributed by atoms with Gasteiger partial charge < -0.3 is 11.1 Å². The Balaban J connectivity index is 2.00. The Kier molecular flexibility index (Phi) is 3.22. The number of hydrogen-bond donors (Lipinski definition) is 2. The molecule has 2 aromatic rings. The molecule has 0 saturated heterocycles. The Labute approximate surface area is 103 Å². The summed E-state index contributed by atoms with van der Waals surface area (Å²) in [7, 11) is 0. The van der Waals surface area contributed by atoms with E-state index in [9.17, 15) is 0 Å². The molecule has 0 unspecified atom stereocenters. The first kappa shape index (κ1) is 11.5. The molecule has 0 aliphatic carbocycles. The van der Waals surface area contributed by atoms with Gasteiger partial charge in [-0.05, 0) is 13.8 Å². The van der Waals surface area contributed by atoms with Gasteiger partial charge in [0.15, 0.2) is 5.13 Å². The molecule has 0 aliphatic rings. The lowest BCUT2D eigenvalue weighted by Gasteiger charge is -2.23. The second kappa shape index (κ2) is 4.48. The quantitative estimate of drug-likeness (QED) is 0.878. The lowest BCUT2D eigenvalue weighted by atomic mass is 10.1. The van der Waals surface area contributed by atoms with Gasteiger partial charge in [0.2, 0.25) is 0 Å². The molecule has 0 aromatic carbocycles. The third-order valence-corrected chi connectivity index (χ3v) is 4.17. The Hall–Kier alpha value is -0.980. The normalized spacial score (nSPS) is 11.9. The monoisotopic (exact) mass is 254 g/mol. The molecule has 0 fully saturated rings. The summed E-state index contributed by atoms with van der Waals surface area (Å²) < 4.78 is 0. The van der Waals surface area contributed by atoms with Crippen LogP contribution in [0.2, 0.25) is 0 Å². The highest BCUT2D eigenvalue weighted by molar-refractivity contribution is 7.15. The molecule has 2 aromatic heterocycles. The van der Waals surface area contributed by atoms with Crippen molar-refractivity contribution in [3.8, 4) is 0 Å². The summed E-state index contributed by atoms with van der Waals surface area (Å²) in [5, 5.41) is 7.15. The number of nitrogen functional groups attached to an aromatic ring is 1. The summed E-state index contributed by atoms with van der Waals surface area (Å²) in [5.41, 5.74) is 5.46. The Bertz CT molecular complexity index is 447. The van der Waals surface area contributed by atoms with E-state index < -0.39 is 0 Å². The molecular formula is C10H14N4S2. The molecule has 16 heavy (non-hydrogen) atoms. The second-order valence-corrected chi connectivity index (χ2v) is 6.02. The van der Waals surface area contributed by atoms with Crippen molar-refractivity contribution in [1.82, 2.24) is 15.3 Å². The zero-order chi connectivity index (χ0) is 11.6. The van der Waals surface area contributed by atoms with Crippen molar-refractivity contribution in [2.24, 2.45) is 0 Å². The van der Waals surface area contributed by atoms with Crippen LogP contribution in [0.3, 0.4) is 0 Å². The molecule has 0 amide bonds. The van der Waals surface area contributed by atoms with Gasteiger partial charge >= 0.3 is 0 Å². The highest BCUT2D eigenvalue weighted by atomic mass is 32.1. The molecule has 6 heteroatoms. The molecule has 0 spiro atoms. The number of aromatic nitrogens is 2. The van der Waals surface area contributed by atoms with Gasteiger partial charge in [-0.25, -0.2) is 9.97 Å².